The van der Waals surface area contributed by atoms with Crippen LogP contribution >= 0.6 is 0 Å². The van der Waals surface area contributed by atoms with Crippen LogP contribution in [0.1, 0.15) is 28.2 Å². The molecule has 1 fully saturated rings. The summed E-state index contributed by atoms with van der Waals surface area (Å²) in [6.45, 7) is 0. The summed E-state index contributed by atoms with van der Waals surface area (Å²) < 4.78 is 0. The Morgan fingerprint density at radius 1 is 0.767 bits per heavy atom. The number of amides is 2. The first-order valence-corrected chi connectivity index (χ1v) is 9.93. The van der Waals surface area contributed by atoms with Crippen molar-refractivity contribution in [1.29, 1.82) is 0 Å². The largest absolute Gasteiger partial charge is 0.480 e. The summed E-state index contributed by atoms with van der Waals surface area (Å²) in [5, 5.41) is 10.6. The SMILES string of the molecule is O=C1[C@@H]2C3c4ccccc4C(C(=O)O)(c4ccccc43)[C@H]2C(=O)N1c1ccccc1. The number of imide groups is 1. The third-order valence-corrected chi connectivity index (χ3v) is 6.97. The summed E-state index contributed by atoms with van der Waals surface area (Å²) in [7, 11) is 0. The summed E-state index contributed by atoms with van der Waals surface area (Å²) >= 11 is 0. The Morgan fingerprint density at radius 2 is 1.30 bits per heavy atom. The number of para-hydroxylation sites is 1. The van der Waals surface area contributed by atoms with Crippen LogP contribution in [0.2, 0.25) is 0 Å². The maximum absolute atomic E-state index is 13.7. The predicted molar refractivity (Wildman–Crippen MR) is 109 cm³/mol. The molecule has 2 atom stereocenters. The molecule has 30 heavy (non-hydrogen) atoms. The fourth-order valence-corrected chi connectivity index (χ4v) is 5.97. The molecule has 146 valence electrons. The van der Waals surface area contributed by atoms with Crippen molar-refractivity contribution in [2.45, 2.75) is 11.3 Å². The van der Waals surface area contributed by atoms with Crippen molar-refractivity contribution in [2.24, 2.45) is 11.8 Å². The number of benzene rings is 3. The van der Waals surface area contributed by atoms with Crippen molar-refractivity contribution in [1.82, 2.24) is 0 Å². The Labute approximate surface area is 172 Å². The van der Waals surface area contributed by atoms with Crippen molar-refractivity contribution >= 4 is 23.5 Å². The van der Waals surface area contributed by atoms with Crippen molar-refractivity contribution in [2.75, 3.05) is 4.90 Å². The number of aliphatic carboxylic acids is 1. The highest BCUT2D eigenvalue weighted by atomic mass is 16.4. The molecular formula is C25H17NO4. The number of anilines is 1. The molecule has 0 spiro atoms. The van der Waals surface area contributed by atoms with Crippen LogP contribution in [0, 0.1) is 11.8 Å². The van der Waals surface area contributed by atoms with Crippen LogP contribution in [0.3, 0.4) is 0 Å². The first kappa shape index (κ1) is 17.2. The maximum Gasteiger partial charge on any atom is 0.319 e. The van der Waals surface area contributed by atoms with Crippen LogP contribution in [0.4, 0.5) is 5.69 Å². The lowest BCUT2D eigenvalue weighted by Gasteiger charge is -2.51. The van der Waals surface area contributed by atoms with Gasteiger partial charge >= 0.3 is 5.97 Å². The molecule has 2 bridgehead atoms. The van der Waals surface area contributed by atoms with Gasteiger partial charge in [-0.15, -0.1) is 0 Å². The monoisotopic (exact) mass is 395 g/mol. The minimum absolute atomic E-state index is 0.323. The van der Waals surface area contributed by atoms with Gasteiger partial charge in [-0.3, -0.25) is 14.4 Å². The predicted octanol–water partition coefficient (Wildman–Crippen LogP) is 3.32. The fourth-order valence-electron chi connectivity index (χ4n) is 5.97. The van der Waals surface area contributed by atoms with Gasteiger partial charge in [0.25, 0.3) is 0 Å². The van der Waals surface area contributed by atoms with E-state index in [1.807, 2.05) is 30.3 Å². The summed E-state index contributed by atoms with van der Waals surface area (Å²) in [5.41, 5.74) is 1.81. The lowest BCUT2D eigenvalue weighted by Crippen LogP contribution is -2.57. The number of hydrogen-bond donors (Lipinski definition) is 1. The average molecular weight is 395 g/mol. The zero-order valence-electron chi connectivity index (χ0n) is 15.9. The van der Waals surface area contributed by atoms with Crippen LogP contribution in [0.5, 0.6) is 0 Å². The standard InChI is InChI=1S/C25H17NO4/c27-22-20-19-15-10-4-6-12-17(15)25(24(29)30,18-13-7-5-11-16(18)19)21(20)23(28)26(22)14-8-2-1-3-9-14/h1-13,19-21H,(H,29,30)/t19?,20-,21-,25?/m1/s1. The Bertz CT molecular complexity index is 1200. The molecular weight excluding hydrogens is 378 g/mol. The van der Waals surface area contributed by atoms with E-state index < -0.39 is 29.1 Å². The molecule has 1 aliphatic heterocycles. The zero-order valence-corrected chi connectivity index (χ0v) is 15.9. The van der Waals surface area contributed by atoms with E-state index >= 15 is 0 Å². The van der Waals surface area contributed by atoms with E-state index in [0.29, 0.717) is 16.8 Å². The van der Waals surface area contributed by atoms with E-state index in [0.717, 1.165) is 11.1 Å². The molecule has 1 N–H and O–H groups in total. The van der Waals surface area contributed by atoms with Gasteiger partial charge in [0.15, 0.2) is 0 Å². The second-order valence-corrected chi connectivity index (χ2v) is 8.12. The molecule has 5 heteroatoms. The molecule has 7 rings (SSSR count). The first-order valence-electron chi connectivity index (χ1n) is 9.93. The molecule has 1 saturated heterocycles. The fraction of sp³-hybridized carbons (Fsp3) is 0.160. The molecule has 2 amide bonds. The third-order valence-electron chi connectivity index (χ3n) is 6.97. The zero-order chi connectivity index (χ0) is 20.6. The van der Waals surface area contributed by atoms with E-state index in [1.165, 1.54) is 4.90 Å². The number of rotatable bonds is 2. The van der Waals surface area contributed by atoms with Gasteiger partial charge in [-0.05, 0) is 34.4 Å². The number of carboxylic acid groups (broad SMARTS) is 1. The maximum atomic E-state index is 13.7. The van der Waals surface area contributed by atoms with Crippen molar-refractivity contribution < 1.29 is 19.5 Å². The molecule has 4 aliphatic rings. The highest BCUT2D eigenvalue weighted by Gasteiger charge is 2.71. The molecule has 5 nitrogen and oxygen atoms in total. The van der Waals surface area contributed by atoms with E-state index in [4.69, 9.17) is 0 Å². The van der Waals surface area contributed by atoms with Gasteiger partial charge in [-0.2, -0.15) is 0 Å². The second-order valence-electron chi connectivity index (χ2n) is 8.12. The quantitative estimate of drug-likeness (QED) is 0.676. The molecule has 3 aromatic carbocycles. The smallest absolute Gasteiger partial charge is 0.319 e. The Morgan fingerprint density at radius 3 is 1.87 bits per heavy atom. The molecule has 0 aromatic heterocycles. The van der Waals surface area contributed by atoms with E-state index in [-0.39, 0.29) is 11.8 Å². The minimum Gasteiger partial charge on any atom is -0.480 e. The van der Waals surface area contributed by atoms with E-state index in [9.17, 15) is 19.5 Å². The van der Waals surface area contributed by atoms with Crippen LogP contribution < -0.4 is 4.90 Å². The lowest BCUT2D eigenvalue weighted by molar-refractivity contribution is -0.149. The van der Waals surface area contributed by atoms with Gasteiger partial charge in [0.1, 0.15) is 5.41 Å². The van der Waals surface area contributed by atoms with Gasteiger partial charge in [0.05, 0.1) is 17.5 Å². The summed E-state index contributed by atoms with van der Waals surface area (Å²) in [4.78, 5) is 41.6. The summed E-state index contributed by atoms with van der Waals surface area (Å²) in [6.07, 6.45) is 0. The van der Waals surface area contributed by atoms with Gasteiger partial charge in [0, 0.05) is 5.92 Å². The van der Waals surface area contributed by atoms with Crippen LogP contribution in [0.25, 0.3) is 0 Å². The summed E-state index contributed by atoms with van der Waals surface area (Å²) in [6, 6.07) is 23.5. The second kappa shape index (κ2) is 5.66. The highest BCUT2D eigenvalue weighted by Crippen LogP contribution is 2.64. The third kappa shape index (κ3) is 1.77. The normalized spacial score (nSPS) is 28.1. The van der Waals surface area contributed by atoms with Gasteiger partial charge in [-0.25, -0.2) is 4.90 Å². The highest BCUT2D eigenvalue weighted by molar-refractivity contribution is 6.25. The van der Waals surface area contributed by atoms with Crippen LogP contribution in [-0.4, -0.2) is 22.9 Å². The average Bonchev–Trinajstić information content (AvgIpc) is 3.05. The topological polar surface area (TPSA) is 74.7 Å². The van der Waals surface area contributed by atoms with Crippen LogP contribution in [0.15, 0.2) is 78.9 Å². The lowest BCUT2D eigenvalue weighted by atomic mass is 9.47. The van der Waals surface area contributed by atoms with Gasteiger partial charge in [-0.1, -0.05) is 66.7 Å². The van der Waals surface area contributed by atoms with Gasteiger partial charge < -0.3 is 5.11 Å². The summed E-state index contributed by atoms with van der Waals surface area (Å²) in [5.74, 6) is -3.90. The molecule has 0 radical (unpaired) electrons. The first-order chi connectivity index (χ1) is 14.6. The van der Waals surface area contributed by atoms with Crippen LogP contribution in [-0.2, 0) is 19.8 Å². The van der Waals surface area contributed by atoms with E-state index in [2.05, 4.69) is 0 Å². The molecule has 3 aliphatic carbocycles. The Hall–Kier alpha value is -3.73. The Balaban J connectivity index is 1.70. The van der Waals surface area contributed by atoms with Gasteiger partial charge in [0.2, 0.25) is 11.8 Å². The molecule has 3 aromatic rings. The van der Waals surface area contributed by atoms with Crippen molar-refractivity contribution in [3.63, 3.8) is 0 Å². The number of carbonyl (C=O) groups is 3. The number of nitrogens with zero attached hydrogens (tertiary/aromatic N) is 1. The number of carbonyl (C=O) groups excluding carboxylic acids is 2. The Kier molecular flexibility index (Phi) is 3.24. The minimum atomic E-state index is -1.58. The molecule has 0 unspecified atom stereocenters. The van der Waals surface area contributed by atoms with E-state index in [1.54, 1.807) is 48.5 Å². The molecule has 0 saturated carbocycles. The van der Waals surface area contributed by atoms with Crippen molar-refractivity contribution in [3.8, 4) is 0 Å². The van der Waals surface area contributed by atoms with Crippen molar-refractivity contribution in [3.05, 3.63) is 101 Å². The number of hydrogen-bond acceptors (Lipinski definition) is 3. The molecule has 1 heterocycles. The number of carboxylic acids is 1.